The maximum Gasteiger partial charge on any atom is 0.109 e. The predicted molar refractivity (Wildman–Crippen MR) is 86.5 cm³/mol. The van der Waals surface area contributed by atoms with Crippen molar-refractivity contribution in [3.8, 4) is 0 Å². The Morgan fingerprint density at radius 3 is 2.81 bits per heavy atom. The largest absolute Gasteiger partial charge is 0.466 e. The highest BCUT2D eigenvalue weighted by molar-refractivity contribution is 5.29. The van der Waals surface area contributed by atoms with E-state index in [9.17, 15) is 0 Å². The van der Waals surface area contributed by atoms with Gasteiger partial charge >= 0.3 is 0 Å². The Bertz CT molecular complexity index is 503. The topological polar surface area (TPSA) is 28.4 Å². The lowest BCUT2D eigenvalue weighted by molar-refractivity contribution is 0.218. The zero-order chi connectivity index (χ0) is 15.2. The van der Waals surface area contributed by atoms with Crippen molar-refractivity contribution < 1.29 is 4.42 Å². The van der Waals surface area contributed by atoms with Gasteiger partial charge in [0, 0.05) is 36.7 Å². The second-order valence-corrected chi connectivity index (χ2v) is 8.07. The van der Waals surface area contributed by atoms with Crippen molar-refractivity contribution in [2.45, 2.75) is 72.0 Å². The number of nitrogens with one attached hydrogen (secondary N) is 1. The van der Waals surface area contributed by atoms with Crippen LogP contribution in [0, 0.1) is 12.3 Å². The van der Waals surface area contributed by atoms with Crippen LogP contribution in [0.25, 0.3) is 0 Å². The molecule has 0 aromatic carbocycles. The number of rotatable bonds is 3. The quantitative estimate of drug-likeness (QED) is 0.920. The molecule has 2 unspecified atom stereocenters. The molecule has 2 heterocycles. The fraction of sp³-hybridized carbons (Fsp3) is 0.778. The third-order valence-electron chi connectivity index (χ3n) is 5.12. The highest BCUT2D eigenvalue weighted by Crippen LogP contribution is 2.42. The summed E-state index contributed by atoms with van der Waals surface area (Å²) < 4.78 is 5.95. The van der Waals surface area contributed by atoms with Gasteiger partial charge in [-0.2, -0.15) is 0 Å². The Kier molecular flexibility index (Phi) is 3.91. The molecule has 1 saturated heterocycles. The molecule has 1 aliphatic carbocycles. The molecule has 2 aliphatic rings. The SMILES string of the molecule is Cc1cc2c(o1)CC(C)(C)CC2NC1CCN(C(C)C)C1. The van der Waals surface area contributed by atoms with E-state index >= 15 is 0 Å². The van der Waals surface area contributed by atoms with E-state index in [1.54, 1.807) is 0 Å². The summed E-state index contributed by atoms with van der Waals surface area (Å²) in [5, 5.41) is 3.93. The first-order valence-corrected chi connectivity index (χ1v) is 8.43. The highest BCUT2D eigenvalue weighted by Gasteiger charge is 2.36. The van der Waals surface area contributed by atoms with Gasteiger partial charge in [0.25, 0.3) is 0 Å². The van der Waals surface area contributed by atoms with E-state index in [1.807, 2.05) is 0 Å². The average Bonchev–Trinajstić information content (AvgIpc) is 2.94. The molecule has 1 aromatic rings. The number of hydrogen-bond acceptors (Lipinski definition) is 3. The van der Waals surface area contributed by atoms with Gasteiger partial charge in [-0.05, 0) is 51.6 Å². The summed E-state index contributed by atoms with van der Waals surface area (Å²) in [5.74, 6) is 2.26. The van der Waals surface area contributed by atoms with Gasteiger partial charge in [-0.15, -0.1) is 0 Å². The molecular formula is C18H30N2O. The monoisotopic (exact) mass is 290 g/mol. The van der Waals surface area contributed by atoms with Crippen LogP contribution in [0.1, 0.15) is 63.7 Å². The smallest absolute Gasteiger partial charge is 0.109 e. The summed E-state index contributed by atoms with van der Waals surface area (Å²) in [6.45, 7) is 13.8. The van der Waals surface area contributed by atoms with Gasteiger partial charge in [0.05, 0.1) is 0 Å². The Hall–Kier alpha value is -0.800. The van der Waals surface area contributed by atoms with Crippen LogP contribution in [0.3, 0.4) is 0 Å². The first-order chi connectivity index (χ1) is 9.84. The van der Waals surface area contributed by atoms with Crippen LogP contribution in [0.5, 0.6) is 0 Å². The summed E-state index contributed by atoms with van der Waals surface area (Å²) in [5.41, 5.74) is 1.74. The van der Waals surface area contributed by atoms with Crippen LogP contribution in [0.15, 0.2) is 10.5 Å². The number of likely N-dealkylation sites (tertiary alicyclic amines) is 1. The molecule has 1 N–H and O–H groups in total. The van der Waals surface area contributed by atoms with Gasteiger partial charge < -0.3 is 9.73 Å². The summed E-state index contributed by atoms with van der Waals surface area (Å²) in [7, 11) is 0. The van der Waals surface area contributed by atoms with Crippen molar-refractivity contribution in [3.63, 3.8) is 0 Å². The first kappa shape index (κ1) is 15.1. The molecular weight excluding hydrogens is 260 g/mol. The van der Waals surface area contributed by atoms with E-state index in [0.717, 1.165) is 12.2 Å². The van der Waals surface area contributed by atoms with Crippen molar-refractivity contribution in [2.75, 3.05) is 13.1 Å². The van der Waals surface area contributed by atoms with E-state index in [0.29, 0.717) is 23.5 Å². The van der Waals surface area contributed by atoms with Crippen molar-refractivity contribution >= 4 is 0 Å². The molecule has 1 aliphatic heterocycles. The van der Waals surface area contributed by atoms with E-state index in [1.165, 1.54) is 37.3 Å². The maximum absolute atomic E-state index is 5.95. The van der Waals surface area contributed by atoms with E-state index in [-0.39, 0.29) is 0 Å². The maximum atomic E-state index is 5.95. The summed E-state index contributed by atoms with van der Waals surface area (Å²) in [4.78, 5) is 2.58. The van der Waals surface area contributed by atoms with Gasteiger partial charge in [0.2, 0.25) is 0 Å². The lowest BCUT2D eigenvalue weighted by atomic mass is 9.74. The molecule has 2 atom stereocenters. The zero-order valence-electron chi connectivity index (χ0n) is 14.2. The zero-order valence-corrected chi connectivity index (χ0v) is 14.2. The standard InChI is InChI=1S/C18H30N2O/c1-12(2)20-7-6-14(11-20)19-16-9-18(4,5)10-17-15(16)8-13(3)21-17/h8,12,14,16,19H,6-7,9-11H2,1-5H3. The molecule has 0 spiro atoms. The number of fused-ring (bicyclic) bond motifs is 1. The fourth-order valence-corrected chi connectivity index (χ4v) is 4.01. The van der Waals surface area contributed by atoms with Crippen LogP contribution in [0.2, 0.25) is 0 Å². The molecule has 118 valence electrons. The second kappa shape index (κ2) is 5.44. The Labute approximate surface area is 129 Å². The molecule has 3 nitrogen and oxygen atoms in total. The molecule has 1 aromatic heterocycles. The number of furan rings is 1. The number of aryl methyl sites for hydroxylation is 1. The van der Waals surface area contributed by atoms with Gasteiger partial charge in [-0.3, -0.25) is 4.90 Å². The average molecular weight is 290 g/mol. The minimum atomic E-state index is 0.325. The van der Waals surface area contributed by atoms with Crippen molar-refractivity contribution in [3.05, 3.63) is 23.2 Å². The van der Waals surface area contributed by atoms with E-state index < -0.39 is 0 Å². The van der Waals surface area contributed by atoms with Gasteiger partial charge in [0.15, 0.2) is 0 Å². The summed E-state index contributed by atoms with van der Waals surface area (Å²) >= 11 is 0. The van der Waals surface area contributed by atoms with E-state index in [4.69, 9.17) is 4.42 Å². The Morgan fingerprint density at radius 1 is 1.38 bits per heavy atom. The van der Waals surface area contributed by atoms with Crippen LogP contribution in [-0.2, 0) is 6.42 Å². The molecule has 1 fully saturated rings. The number of nitrogens with zero attached hydrogens (tertiary/aromatic N) is 1. The van der Waals surface area contributed by atoms with Gasteiger partial charge in [-0.1, -0.05) is 13.8 Å². The van der Waals surface area contributed by atoms with E-state index in [2.05, 4.69) is 50.9 Å². The van der Waals surface area contributed by atoms with Crippen LogP contribution in [-0.4, -0.2) is 30.1 Å². The summed E-state index contributed by atoms with van der Waals surface area (Å²) in [6, 6.07) is 3.98. The fourth-order valence-electron chi connectivity index (χ4n) is 4.01. The van der Waals surface area contributed by atoms with Gasteiger partial charge in [0.1, 0.15) is 11.5 Å². The molecule has 0 radical (unpaired) electrons. The predicted octanol–water partition coefficient (Wildman–Crippen LogP) is 3.67. The summed E-state index contributed by atoms with van der Waals surface area (Å²) in [6.07, 6.45) is 3.54. The lowest BCUT2D eigenvalue weighted by Crippen LogP contribution is -2.40. The lowest BCUT2D eigenvalue weighted by Gasteiger charge is -2.36. The first-order valence-electron chi connectivity index (χ1n) is 8.43. The third kappa shape index (κ3) is 3.19. The van der Waals surface area contributed by atoms with Crippen LogP contribution in [0.4, 0.5) is 0 Å². The Morgan fingerprint density at radius 2 is 2.14 bits per heavy atom. The molecule has 0 saturated carbocycles. The molecule has 0 bridgehead atoms. The second-order valence-electron chi connectivity index (χ2n) is 8.07. The van der Waals surface area contributed by atoms with Gasteiger partial charge in [-0.25, -0.2) is 0 Å². The Balaban J connectivity index is 1.73. The molecule has 21 heavy (non-hydrogen) atoms. The molecule has 0 amide bonds. The van der Waals surface area contributed by atoms with Crippen LogP contribution < -0.4 is 5.32 Å². The highest BCUT2D eigenvalue weighted by atomic mass is 16.3. The minimum Gasteiger partial charge on any atom is -0.466 e. The molecule has 3 heteroatoms. The number of hydrogen-bond donors (Lipinski definition) is 1. The normalized spacial score (nSPS) is 29.0. The van der Waals surface area contributed by atoms with Crippen LogP contribution >= 0.6 is 0 Å². The minimum absolute atomic E-state index is 0.325. The van der Waals surface area contributed by atoms with Crippen molar-refractivity contribution in [2.24, 2.45) is 5.41 Å². The van der Waals surface area contributed by atoms with Crippen molar-refractivity contribution in [1.29, 1.82) is 0 Å². The molecule has 3 rings (SSSR count). The van der Waals surface area contributed by atoms with Crippen molar-refractivity contribution in [1.82, 2.24) is 10.2 Å². The third-order valence-corrected chi connectivity index (χ3v) is 5.12.